The Morgan fingerprint density at radius 2 is 1.86 bits per heavy atom. The lowest BCUT2D eigenvalue weighted by atomic mass is 9.93. The van der Waals surface area contributed by atoms with Crippen LogP contribution in [-0.2, 0) is 19.4 Å². The zero-order valence-corrected chi connectivity index (χ0v) is 20.4. The van der Waals surface area contributed by atoms with Crippen molar-refractivity contribution in [2.24, 2.45) is 0 Å². The van der Waals surface area contributed by atoms with Crippen LogP contribution in [-0.4, -0.2) is 32.4 Å². The van der Waals surface area contributed by atoms with Crippen LogP contribution in [0.25, 0.3) is 22.6 Å². The van der Waals surface area contributed by atoms with Crippen molar-refractivity contribution in [3.63, 3.8) is 0 Å². The molecule has 0 atom stereocenters. The van der Waals surface area contributed by atoms with Crippen molar-refractivity contribution in [1.29, 1.82) is 0 Å². The van der Waals surface area contributed by atoms with Crippen molar-refractivity contribution in [2.75, 3.05) is 11.9 Å². The Kier molecular flexibility index (Phi) is 6.27. The van der Waals surface area contributed by atoms with Crippen molar-refractivity contribution >= 4 is 11.7 Å². The second-order valence-electron chi connectivity index (χ2n) is 8.99. The Balaban J connectivity index is 0.00000304. The summed E-state index contributed by atoms with van der Waals surface area (Å²) in [6.45, 7) is 7.38. The number of anilines is 1. The molecule has 35 heavy (non-hydrogen) atoms. The lowest BCUT2D eigenvalue weighted by molar-refractivity contribution is 0.206. The number of nitrogens with one attached hydrogen (secondary N) is 1. The smallest absolute Gasteiger partial charge is 0.320 e. The summed E-state index contributed by atoms with van der Waals surface area (Å²) in [6.07, 6.45) is 5.15. The van der Waals surface area contributed by atoms with Crippen LogP contribution in [0, 0.1) is 13.8 Å². The maximum absolute atomic E-state index is 13.2. The third-order valence-electron chi connectivity index (χ3n) is 6.57. The molecule has 1 aliphatic heterocycles. The van der Waals surface area contributed by atoms with E-state index in [1.807, 2.05) is 35.2 Å². The number of pyridine rings is 1. The maximum Gasteiger partial charge on any atom is 0.322 e. The average Bonchev–Trinajstić information content (AvgIpc) is 2.88. The molecule has 2 amide bonds. The Morgan fingerprint density at radius 3 is 2.60 bits per heavy atom. The van der Waals surface area contributed by atoms with Crippen LogP contribution >= 0.6 is 0 Å². The zero-order valence-electron chi connectivity index (χ0n) is 20.4. The Hall–Kier alpha value is -4.06. The molecule has 0 unspecified atom stereocenters. The van der Waals surface area contributed by atoms with Crippen molar-refractivity contribution in [1.82, 2.24) is 19.9 Å². The molecule has 6 nitrogen and oxygen atoms in total. The van der Waals surface area contributed by atoms with Gasteiger partial charge in [-0.25, -0.2) is 14.8 Å². The summed E-state index contributed by atoms with van der Waals surface area (Å²) in [7, 11) is 0. The number of rotatable bonds is 4. The molecule has 1 aliphatic rings. The van der Waals surface area contributed by atoms with Gasteiger partial charge in [0.2, 0.25) is 0 Å². The van der Waals surface area contributed by atoms with E-state index >= 15 is 0 Å². The summed E-state index contributed by atoms with van der Waals surface area (Å²) in [5, 5.41) is 3.07. The predicted octanol–water partition coefficient (Wildman–Crippen LogP) is 6.22. The van der Waals surface area contributed by atoms with E-state index in [1.54, 1.807) is 12.4 Å². The number of hydrogen-bond acceptors (Lipinski definition) is 4. The number of carbonyl (C=O) groups is 1. The number of carbonyl (C=O) groups excluding carboxylic acids is 1. The van der Waals surface area contributed by atoms with Gasteiger partial charge in [-0.05, 0) is 61.2 Å². The van der Waals surface area contributed by atoms with Crippen molar-refractivity contribution in [3.05, 3.63) is 94.9 Å². The summed E-state index contributed by atoms with van der Waals surface area (Å²) in [5.41, 5.74) is 9.22. The monoisotopic (exact) mass is 465 g/mol. The summed E-state index contributed by atoms with van der Waals surface area (Å²) in [6, 6.07) is 18.1. The minimum absolute atomic E-state index is 0. The molecule has 0 radical (unpaired) electrons. The first-order valence-electron chi connectivity index (χ1n) is 12.0. The van der Waals surface area contributed by atoms with E-state index in [-0.39, 0.29) is 7.46 Å². The molecule has 2 aromatic carbocycles. The molecule has 4 aromatic rings. The number of urea groups is 1. The largest absolute Gasteiger partial charge is 0.322 e. The van der Waals surface area contributed by atoms with Crippen LogP contribution in [0.3, 0.4) is 0 Å². The van der Waals surface area contributed by atoms with Crippen LogP contribution in [0.1, 0.15) is 36.3 Å². The number of fused-ring (bicyclic) bond motifs is 1. The number of aromatic nitrogens is 3. The molecule has 3 heterocycles. The van der Waals surface area contributed by atoms with Gasteiger partial charge in [0.15, 0.2) is 5.82 Å². The number of benzene rings is 2. The third kappa shape index (κ3) is 4.64. The minimum Gasteiger partial charge on any atom is -0.320 e. The highest BCUT2D eigenvalue weighted by molar-refractivity contribution is 5.90. The van der Waals surface area contributed by atoms with Crippen molar-refractivity contribution in [3.8, 4) is 22.6 Å². The Bertz CT molecular complexity index is 1370. The first-order chi connectivity index (χ1) is 17.0. The van der Waals surface area contributed by atoms with E-state index in [9.17, 15) is 4.79 Å². The topological polar surface area (TPSA) is 71.0 Å². The molecule has 1 N–H and O–H groups in total. The first kappa shape index (κ1) is 22.7. The molecular weight excluding hydrogens is 434 g/mol. The van der Waals surface area contributed by atoms with Gasteiger partial charge in [0.05, 0.1) is 17.9 Å². The van der Waals surface area contributed by atoms with E-state index in [4.69, 9.17) is 9.97 Å². The quantitative estimate of drug-likeness (QED) is 0.388. The van der Waals surface area contributed by atoms with Gasteiger partial charge in [-0.2, -0.15) is 0 Å². The second kappa shape index (κ2) is 9.66. The van der Waals surface area contributed by atoms with Gasteiger partial charge in [0.1, 0.15) is 0 Å². The van der Waals surface area contributed by atoms with Crippen LogP contribution < -0.4 is 5.32 Å². The normalized spacial score (nSPS) is 12.8. The molecule has 6 heteroatoms. The van der Waals surface area contributed by atoms with Gasteiger partial charge in [-0.15, -0.1) is 0 Å². The zero-order chi connectivity index (χ0) is 24.4. The summed E-state index contributed by atoms with van der Waals surface area (Å²) in [4.78, 5) is 29.3. The van der Waals surface area contributed by atoms with Crippen LogP contribution in [0.5, 0.6) is 0 Å². The van der Waals surface area contributed by atoms with E-state index in [0.29, 0.717) is 25.3 Å². The van der Waals surface area contributed by atoms with Crippen molar-refractivity contribution < 1.29 is 6.22 Å². The highest BCUT2D eigenvalue weighted by Gasteiger charge is 2.27. The fraction of sp³-hybridized carbons (Fsp3) is 0.241. The fourth-order valence-corrected chi connectivity index (χ4v) is 4.68. The summed E-state index contributed by atoms with van der Waals surface area (Å²) in [5.74, 6) is 0.670. The summed E-state index contributed by atoms with van der Waals surface area (Å²) < 4.78 is 0. The van der Waals surface area contributed by atoms with Gasteiger partial charge < -0.3 is 10.2 Å². The fourth-order valence-electron chi connectivity index (χ4n) is 4.68. The molecule has 0 spiro atoms. The molecule has 0 bridgehead atoms. The van der Waals surface area contributed by atoms with Crippen LogP contribution in [0.4, 0.5) is 10.5 Å². The lowest BCUT2D eigenvalue weighted by Gasteiger charge is -2.30. The van der Waals surface area contributed by atoms with E-state index in [2.05, 4.69) is 55.3 Å². The van der Waals surface area contributed by atoms with Crippen LogP contribution in [0.15, 0.2) is 67.0 Å². The van der Waals surface area contributed by atoms with Gasteiger partial charge in [0.25, 0.3) is 0 Å². The van der Waals surface area contributed by atoms with Gasteiger partial charge in [0, 0.05) is 49.2 Å². The summed E-state index contributed by atoms with van der Waals surface area (Å²) >= 11 is 0. The molecule has 0 saturated heterocycles. The maximum atomic E-state index is 13.2. The van der Waals surface area contributed by atoms with Gasteiger partial charge in [-0.3, -0.25) is 4.98 Å². The molecule has 0 saturated carbocycles. The molecule has 178 valence electrons. The van der Waals surface area contributed by atoms with E-state index in [1.165, 1.54) is 5.56 Å². The number of amides is 2. The lowest BCUT2D eigenvalue weighted by Crippen LogP contribution is -2.39. The SMILES string of the molecule is CCc1cccc(NC(=O)N2CCc3nc(-c4cccnc4)nc(-c4c(C)cccc4C)c3C2)c1.[HH]. The van der Waals surface area contributed by atoms with Gasteiger partial charge in [-0.1, -0.05) is 37.3 Å². The van der Waals surface area contributed by atoms with E-state index in [0.717, 1.165) is 51.3 Å². The number of hydrogen-bond donors (Lipinski definition) is 1. The molecular formula is C29H31N5O. The van der Waals surface area contributed by atoms with Gasteiger partial charge >= 0.3 is 6.03 Å². The standard InChI is InChI=1S/C29H29N5O.H2/c1-4-21-10-6-12-23(16-21)31-29(35)34-15-13-25-24(18-34)27(26-19(2)8-5-9-20(26)3)33-28(32-25)22-11-7-14-30-17-22;/h5-12,14,16-17H,4,13,15,18H2,1-3H3,(H,31,35);1H. The molecule has 2 aromatic heterocycles. The number of aryl methyl sites for hydroxylation is 3. The highest BCUT2D eigenvalue weighted by atomic mass is 16.2. The third-order valence-corrected chi connectivity index (χ3v) is 6.57. The predicted molar refractivity (Wildman–Crippen MR) is 141 cm³/mol. The molecule has 5 rings (SSSR count). The first-order valence-corrected chi connectivity index (χ1v) is 12.0. The second-order valence-corrected chi connectivity index (χ2v) is 8.99. The van der Waals surface area contributed by atoms with Crippen LogP contribution in [0.2, 0.25) is 0 Å². The minimum atomic E-state index is -0.104. The Labute approximate surface area is 207 Å². The molecule has 0 fully saturated rings. The van der Waals surface area contributed by atoms with E-state index < -0.39 is 0 Å². The van der Waals surface area contributed by atoms with Crippen molar-refractivity contribution in [2.45, 2.75) is 40.2 Å². The average molecular weight is 466 g/mol. The molecule has 0 aliphatic carbocycles. The Morgan fingerprint density at radius 1 is 1.06 bits per heavy atom. The number of nitrogens with zero attached hydrogens (tertiary/aromatic N) is 4. The highest BCUT2D eigenvalue weighted by Crippen LogP contribution is 2.34.